The molecule has 188 valence electrons. The molecule has 4 rings (SSSR count). The second-order valence-electron chi connectivity index (χ2n) is 9.59. The molecule has 2 fully saturated rings. The first kappa shape index (κ1) is 25.1. The van der Waals surface area contributed by atoms with Crippen LogP contribution >= 0.6 is 0 Å². The van der Waals surface area contributed by atoms with Crippen LogP contribution in [-0.4, -0.2) is 47.4 Å². The number of likely N-dealkylation sites (N-methyl/N-ethyl adjacent to an activating group) is 1. The van der Waals surface area contributed by atoms with E-state index >= 15 is 0 Å². The van der Waals surface area contributed by atoms with Crippen molar-refractivity contribution in [2.24, 2.45) is 5.92 Å². The van der Waals surface area contributed by atoms with E-state index in [1.165, 1.54) is 18.6 Å². The van der Waals surface area contributed by atoms with E-state index < -0.39 is 6.04 Å². The van der Waals surface area contributed by atoms with Crippen LogP contribution in [0.2, 0.25) is 0 Å². The van der Waals surface area contributed by atoms with E-state index in [4.69, 9.17) is 4.74 Å². The van der Waals surface area contributed by atoms with Crippen LogP contribution in [0.3, 0.4) is 0 Å². The summed E-state index contributed by atoms with van der Waals surface area (Å²) < 4.78 is 19.1. The summed E-state index contributed by atoms with van der Waals surface area (Å²) in [6.07, 6.45) is 10.3. The minimum atomic E-state index is -0.522. The maximum Gasteiger partial charge on any atom is 0.245 e. The number of carbonyl (C=O) groups excluding carboxylic acids is 2. The van der Waals surface area contributed by atoms with Crippen LogP contribution in [0, 0.1) is 11.7 Å². The van der Waals surface area contributed by atoms with Crippen LogP contribution in [-0.2, 0) is 9.59 Å². The maximum absolute atomic E-state index is 13.9. The van der Waals surface area contributed by atoms with Crippen molar-refractivity contribution in [3.8, 4) is 11.5 Å². The smallest absolute Gasteiger partial charge is 0.245 e. The highest BCUT2D eigenvalue weighted by Crippen LogP contribution is 2.36. The van der Waals surface area contributed by atoms with Gasteiger partial charge in [-0.25, -0.2) is 4.39 Å². The molecule has 3 atom stereocenters. The lowest BCUT2D eigenvalue weighted by Crippen LogP contribution is -2.55. The van der Waals surface area contributed by atoms with Gasteiger partial charge < -0.3 is 20.3 Å². The first-order valence-corrected chi connectivity index (χ1v) is 12.6. The summed E-state index contributed by atoms with van der Waals surface area (Å²) in [4.78, 5) is 32.9. The quantitative estimate of drug-likeness (QED) is 0.585. The molecule has 1 aliphatic carbocycles. The number of hydrogen-bond acceptors (Lipinski definition) is 5. The third-order valence-corrected chi connectivity index (χ3v) is 7.22. The van der Waals surface area contributed by atoms with Gasteiger partial charge in [-0.1, -0.05) is 19.3 Å². The summed E-state index contributed by atoms with van der Waals surface area (Å²) in [7, 11) is 1.74. The largest absolute Gasteiger partial charge is 0.456 e. The van der Waals surface area contributed by atoms with Crippen LogP contribution in [0.4, 0.5) is 4.39 Å². The topological polar surface area (TPSA) is 83.6 Å². The fourth-order valence-electron chi connectivity index (χ4n) is 5.13. The van der Waals surface area contributed by atoms with Crippen molar-refractivity contribution in [1.82, 2.24) is 20.5 Å². The molecular formula is C27H35FN4O3. The van der Waals surface area contributed by atoms with Crippen molar-refractivity contribution in [2.45, 2.75) is 70.0 Å². The van der Waals surface area contributed by atoms with Crippen molar-refractivity contribution in [3.63, 3.8) is 0 Å². The van der Waals surface area contributed by atoms with Gasteiger partial charge in [-0.2, -0.15) is 0 Å². The number of nitrogens with one attached hydrogen (secondary N) is 2. The van der Waals surface area contributed by atoms with Crippen LogP contribution in [0.1, 0.15) is 63.5 Å². The number of carbonyl (C=O) groups is 2. The lowest BCUT2D eigenvalue weighted by molar-refractivity contribution is -0.139. The standard InChI is InChI=1S/C27H35FN4O3/c1-18(29-2)26(33)31-25(19-7-4-3-5-8-19)27(34)32-14-6-9-24(32)20-15-23(17-30-16-20)35-22-12-10-21(28)11-13-22/h10-13,15-19,24-25,29H,3-9,14H2,1-2H3,(H,31,33)/t18?,24-,25?/m0/s1. The third-order valence-electron chi connectivity index (χ3n) is 7.22. The van der Waals surface area contributed by atoms with E-state index in [9.17, 15) is 14.0 Å². The molecule has 2 amide bonds. The fourth-order valence-corrected chi connectivity index (χ4v) is 5.13. The maximum atomic E-state index is 13.9. The summed E-state index contributed by atoms with van der Waals surface area (Å²) in [6.45, 7) is 2.45. The summed E-state index contributed by atoms with van der Waals surface area (Å²) in [5.74, 6) is 0.714. The Morgan fingerprint density at radius 2 is 1.80 bits per heavy atom. The predicted octanol–water partition coefficient (Wildman–Crippen LogP) is 4.35. The molecule has 2 aliphatic rings. The minimum Gasteiger partial charge on any atom is -0.456 e. The second-order valence-corrected chi connectivity index (χ2v) is 9.59. The Bertz CT molecular complexity index is 1010. The van der Waals surface area contributed by atoms with Crippen LogP contribution in [0.25, 0.3) is 0 Å². The van der Waals surface area contributed by atoms with Crippen LogP contribution in [0.5, 0.6) is 11.5 Å². The number of ether oxygens (including phenoxy) is 1. The van der Waals surface area contributed by atoms with E-state index in [0.717, 1.165) is 44.1 Å². The highest BCUT2D eigenvalue weighted by Gasteiger charge is 2.39. The van der Waals surface area contributed by atoms with Gasteiger partial charge in [-0.15, -0.1) is 0 Å². The van der Waals surface area contributed by atoms with Gasteiger partial charge in [-0.05, 0) is 81.5 Å². The van der Waals surface area contributed by atoms with Gasteiger partial charge in [0.15, 0.2) is 0 Å². The molecule has 0 radical (unpaired) electrons. The lowest BCUT2D eigenvalue weighted by atomic mass is 9.83. The summed E-state index contributed by atoms with van der Waals surface area (Å²) >= 11 is 0. The predicted molar refractivity (Wildman–Crippen MR) is 131 cm³/mol. The Labute approximate surface area is 206 Å². The van der Waals surface area contributed by atoms with Gasteiger partial charge in [0.05, 0.1) is 18.3 Å². The zero-order valence-corrected chi connectivity index (χ0v) is 20.5. The molecule has 2 N–H and O–H groups in total. The number of halogens is 1. The molecule has 8 heteroatoms. The molecule has 1 aromatic carbocycles. The average Bonchev–Trinajstić information content (AvgIpc) is 3.38. The molecule has 1 saturated heterocycles. The zero-order valence-electron chi connectivity index (χ0n) is 20.5. The monoisotopic (exact) mass is 482 g/mol. The first-order valence-electron chi connectivity index (χ1n) is 12.6. The second kappa shape index (κ2) is 11.6. The van der Waals surface area contributed by atoms with E-state index in [1.807, 2.05) is 11.0 Å². The first-order chi connectivity index (χ1) is 17.0. The van der Waals surface area contributed by atoms with Gasteiger partial charge in [0.2, 0.25) is 11.8 Å². The number of benzene rings is 1. The van der Waals surface area contributed by atoms with E-state index in [0.29, 0.717) is 18.0 Å². The van der Waals surface area contributed by atoms with Crippen LogP contribution in [0.15, 0.2) is 42.7 Å². The third kappa shape index (κ3) is 6.17. The molecule has 1 saturated carbocycles. The number of amides is 2. The summed E-state index contributed by atoms with van der Waals surface area (Å²) in [6, 6.07) is 6.70. The molecule has 2 unspecified atom stereocenters. The zero-order chi connectivity index (χ0) is 24.8. The van der Waals surface area contributed by atoms with E-state index in [2.05, 4.69) is 15.6 Å². The van der Waals surface area contributed by atoms with Crippen molar-refractivity contribution in [2.75, 3.05) is 13.6 Å². The Hall–Kier alpha value is -3.00. The number of rotatable bonds is 8. The van der Waals surface area contributed by atoms with Crippen molar-refractivity contribution >= 4 is 11.8 Å². The highest BCUT2D eigenvalue weighted by molar-refractivity contribution is 5.90. The average molecular weight is 483 g/mol. The van der Waals surface area contributed by atoms with E-state index in [-0.39, 0.29) is 35.6 Å². The molecule has 2 aromatic rings. The van der Waals surface area contributed by atoms with Crippen molar-refractivity contribution < 1.29 is 18.7 Å². The lowest BCUT2D eigenvalue weighted by Gasteiger charge is -2.35. The van der Waals surface area contributed by atoms with Gasteiger partial charge >= 0.3 is 0 Å². The Balaban J connectivity index is 1.53. The minimum absolute atomic E-state index is 0.0130. The fraction of sp³-hybridized carbons (Fsp3) is 0.519. The van der Waals surface area contributed by atoms with Gasteiger partial charge in [-0.3, -0.25) is 14.6 Å². The summed E-state index contributed by atoms with van der Waals surface area (Å²) in [5, 5.41) is 6.04. The molecular weight excluding hydrogens is 447 g/mol. The van der Waals surface area contributed by atoms with Gasteiger partial charge in [0, 0.05) is 12.7 Å². The highest BCUT2D eigenvalue weighted by atomic mass is 19.1. The number of aromatic nitrogens is 1. The van der Waals surface area contributed by atoms with Crippen LogP contribution < -0.4 is 15.4 Å². The summed E-state index contributed by atoms with van der Waals surface area (Å²) in [5.41, 5.74) is 0.896. The Morgan fingerprint density at radius 3 is 2.51 bits per heavy atom. The molecule has 0 spiro atoms. The Morgan fingerprint density at radius 1 is 1.06 bits per heavy atom. The molecule has 35 heavy (non-hydrogen) atoms. The van der Waals surface area contributed by atoms with Crippen molar-refractivity contribution in [3.05, 3.63) is 54.1 Å². The van der Waals surface area contributed by atoms with Gasteiger partial charge in [0.25, 0.3) is 0 Å². The number of likely N-dealkylation sites (tertiary alicyclic amines) is 1. The molecule has 2 heterocycles. The Kier molecular flexibility index (Phi) is 8.33. The molecule has 0 bridgehead atoms. The van der Waals surface area contributed by atoms with Crippen molar-refractivity contribution in [1.29, 1.82) is 0 Å². The van der Waals surface area contributed by atoms with E-state index in [1.54, 1.807) is 38.5 Å². The van der Waals surface area contributed by atoms with Gasteiger partial charge in [0.1, 0.15) is 23.4 Å². The number of pyridine rings is 1. The molecule has 1 aliphatic heterocycles. The molecule has 1 aromatic heterocycles. The number of nitrogens with zero attached hydrogens (tertiary/aromatic N) is 2. The number of hydrogen-bond donors (Lipinski definition) is 2. The molecule has 7 nitrogen and oxygen atoms in total. The SMILES string of the molecule is CNC(C)C(=O)NC(C(=O)N1CCC[C@H]1c1cncc(Oc2ccc(F)cc2)c1)C1CCCCC1. The normalized spacial score (nSPS) is 20.3.